The van der Waals surface area contributed by atoms with Crippen molar-refractivity contribution in [2.75, 3.05) is 6.54 Å². The number of likely N-dealkylation sites (tertiary alicyclic amines) is 1. The predicted molar refractivity (Wildman–Crippen MR) is 103 cm³/mol. The monoisotopic (exact) mass is 387 g/mol. The van der Waals surface area contributed by atoms with Crippen LogP contribution in [0.2, 0.25) is 10.0 Å². The Labute approximate surface area is 162 Å². The maximum Gasteiger partial charge on any atom is 0.234 e. The zero-order valence-corrected chi connectivity index (χ0v) is 15.8. The van der Waals surface area contributed by atoms with Gasteiger partial charge in [0, 0.05) is 6.54 Å². The minimum absolute atomic E-state index is 0.0658. The second-order valence-electron chi connectivity index (χ2n) is 6.94. The van der Waals surface area contributed by atoms with E-state index >= 15 is 0 Å². The molecule has 3 nitrogen and oxygen atoms in total. The fourth-order valence-electron chi connectivity index (χ4n) is 4.22. The molecule has 2 aliphatic rings. The molecule has 0 radical (unpaired) electrons. The number of halogens is 2. The van der Waals surface area contributed by atoms with Gasteiger partial charge in [-0.25, -0.2) is 0 Å². The van der Waals surface area contributed by atoms with Gasteiger partial charge in [-0.1, -0.05) is 53.5 Å². The van der Waals surface area contributed by atoms with Gasteiger partial charge in [0.1, 0.15) is 5.92 Å². The van der Waals surface area contributed by atoms with Crippen molar-refractivity contribution < 1.29 is 9.59 Å². The molecule has 1 heterocycles. The number of Topliss-reactive ketones (excluding diaryl/α,β-unsaturated/α-hetero) is 1. The number of ketones is 1. The molecule has 0 bridgehead atoms. The first-order valence-electron chi connectivity index (χ1n) is 8.94. The molecule has 0 saturated carbocycles. The van der Waals surface area contributed by atoms with E-state index in [4.69, 9.17) is 23.2 Å². The fraction of sp³-hybridized carbons (Fsp3) is 0.333. The quantitative estimate of drug-likeness (QED) is 0.542. The van der Waals surface area contributed by atoms with E-state index in [1.807, 2.05) is 17.0 Å². The lowest BCUT2D eigenvalue weighted by molar-refractivity contribution is -0.139. The molecule has 2 aromatic carbocycles. The Morgan fingerprint density at radius 3 is 2.50 bits per heavy atom. The van der Waals surface area contributed by atoms with Crippen LogP contribution in [0.1, 0.15) is 46.8 Å². The van der Waals surface area contributed by atoms with E-state index in [-0.39, 0.29) is 23.3 Å². The van der Waals surface area contributed by atoms with Crippen molar-refractivity contribution in [2.45, 2.75) is 31.7 Å². The molecule has 1 aliphatic carbocycles. The Kier molecular flexibility index (Phi) is 4.76. The van der Waals surface area contributed by atoms with E-state index in [2.05, 4.69) is 12.1 Å². The van der Waals surface area contributed by atoms with Gasteiger partial charge in [-0.15, -0.1) is 0 Å². The van der Waals surface area contributed by atoms with E-state index in [1.165, 1.54) is 11.1 Å². The molecule has 1 aliphatic heterocycles. The third-order valence-corrected chi connectivity index (χ3v) is 6.11. The topological polar surface area (TPSA) is 37.4 Å². The second kappa shape index (κ2) is 7.05. The van der Waals surface area contributed by atoms with Crippen LogP contribution in [0.4, 0.5) is 0 Å². The van der Waals surface area contributed by atoms with Crippen molar-refractivity contribution >= 4 is 34.9 Å². The molecule has 5 heteroatoms. The molecule has 1 amide bonds. The minimum atomic E-state index is -0.700. The van der Waals surface area contributed by atoms with E-state index in [0.29, 0.717) is 23.0 Å². The van der Waals surface area contributed by atoms with E-state index < -0.39 is 5.92 Å². The molecular weight excluding hydrogens is 369 g/mol. The van der Waals surface area contributed by atoms with Crippen molar-refractivity contribution in [1.82, 2.24) is 4.90 Å². The highest BCUT2D eigenvalue weighted by Gasteiger charge is 2.40. The van der Waals surface area contributed by atoms with Crippen molar-refractivity contribution in [3.8, 4) is 0 Å². The maximum atomic E-state index is 13.2. The van der Waals surface area contributed by atoms with Crippen LogP contribution in [0.15, 0.2) is 42.5 Å². The lowest BCUT2D eigenvalue weighted by atomic mass is 9.88. The number of carbonyl (C=O) groups excluding carboxylic acids is 2. The molecule has 1 saturated heterocycles. The van der Waals surface area contributed by atoms with Gasteiger partial charge in [0.2, 0.25) is 5.91 Å². The SMILES string of the molecule is O=C(c1c(Cl)cccc1Cl)C1CCCN(C2CCc3ccccc32)C1=O. The molecule has 0 spiro atoms. The molecule has 2 aromatic rings. The standard InChI is InChI=1S/C21H19Cl2NO2/c22-16-8-3-9-17(23)19(16)20(25)15-7-4-12-24(21(15)26)18-11-10-13-5-1-2-6-14(13)18/h1-3,5-6,8-9,15,18H,4,7,10-12H2. The molecular formula is C21H19Cl2NO2. The van der Waals surface area contributed by atoms with Crippen LogP contribution in [0.3, 0.4) is 0 Å². The number of amides is 1. The van der Waals surface area contributed by atoms with Crippen molar-refractivity contribution in [1.29, 1.82) is 0 Å². The second-order valence-corrected chi connectivity index (χ2v) is 7.76. The Morgan fingerprint density at radius 1 is 1.00 bits per heavy atom. The summed E-state index contributed by atoms with van der Waals surface area (Å²) in [4.78, 5) is 28.1. The van der Waals surface area contributed by atoms with Crippen LogP contribution in [0, 0.1) is 5.92 Å². The first kappa shape index (κ1) is 17.6. The molecule has 134 valence electrons. The van der Waals surface area contributed by atoms with Gasteiger partial charge in [0.05, 0.1) is 21.7 Å². The Morgan fingerprint density at radius 2 is 1.73 bits per heavy atom. The van der Waals surface area contributed by atoms with Gasteiger partial charge in [-0.05, 0) is 48.9 Å². The third kappa shape index (κ3) is 2.93. The van der Waals surface area contributed by atoms with Gasteiger partial charge in [-0.3, -0.25) is 9.59 Å². The fourth-order valence-corrected chi connectivity index (χ4v) is 4.80. The van der Waals surface area contributed by atoms with E-state index in [0.717, 1.165) is 19.3 Å². The summed E-state index contributed by atoms with van der Waals surface area (Å²) in [6.07, 6.45) is 3.24. The first-order chi connectivity index (χ1) is 12.6. The molecule has 0 N–H and O–H groups in total. The molecule has 26 heavy (non-hydrogen) atoms. The van der Waals surface area contributed by atoms with Gasteiger partial charge >= 0.3 is 0 Å². The molecule has 2 unspecified atom stereocenters. The summed E-state index contributed by atoms with van der Waals surface area (Å²) in [6.45, 7) is 0.692. The number of hydrogen-bond acceptors (Lipinski definition) is 2. The lowest BCUT2D eigenvalue weighted by Gasteiger charge is -2.36. The Bertz CT molecular complexity index is 860. The maximum absolute atomic E-state index is 13.2. The number of rotatable bonds is 3. The number of benzene rings is 2. The average Bonchev–Trinajstić information content (AvgIpc) is 3.05. The first-order valence-corrected chi connectivity index (χ1v) is 9.70. The Balaban J connectivity index is 1.62. The average molecular weight is 388 g/mol. The summed E-state index contributed by atoms with van der Waals surface area (Å²) < 4.78 is 0. The summed E-state index contributed by atoms with van der Waals surface area (Å²) >= 11 is 12.4. The number of hydrogen-bond donors (Lipinski definition) is 0. The number of aryl methyl sites for hydroxylation is 1. The number of carbonyl (C=O) groups is 2. The van der Waals surface area contributed by atoms with Crippen molar-refractivity contribution in [2.24, 2.45) is 5.92 Å². The molecule has 1 fully saturated rings. The smallest absolute Gasteiger partial charge is 0.234 e. The van der Waals surface area contributed by atoms with Gasteiger partial charge in [0.25, 0.3) is 0 Å². The summed E-state index contributed by atoms with van der Waals surface area (Å²) in [5, 5.41) is 0.609. The van der Waals surface area contributed by atoms with Crippen LogP contribution in [0.5, 0.6) is 0 Å². The van der Waals surface area contributed by atoms with Crippen molar-refractivity contribution in [3.05, 3.63) is 69.2 Å². The van der Waals surface area contributed by atoms with Crippen LogP contribution >= 0.6 is 23.2 Å². The highest BCUT2D eigenvalue weighted by atomic mass is 35.5. The molecule has 4 rings (SSSR count). The summed E-state index contributed by atoms with van der Waals surface area (Å²) in [6, 6.07) is 13.3. The molecule has 2 atom stereocenters. The normalized spacial score (nSPS) is 22.4. The van der Waals surface area contributed by atoms with Gasteiger partial charge in [-0.2, -0.15) is 0 Å². The highest BCUT2D eigenvalue weighted by molar-refractivity contribution is 6.40. The Hall–Kier alpha value is -1.84. The zero-order valence-electron chi connectivity index (χ0n) is 14.3. The summed E-state index contributed by atoms with van der Waals surface area (Å²) in [5.74, 6) is -1.06. The van der Waals surface area contributed by atoms with E-state index in [9.17, 15) is 9.59 Å². The van der Waals surface area contributed by atoms with E-state index in [1.54, 1.807) is 18.2 Å². The lowest BCUT2D eigenvalue weighted by Crippen LogP contribution is -2.45. The molecule has 0 aromatic heterocycles. The van der Waals surface area contributed by atoms with Crippen LogP contribution in [-0.2, 0) is 11.2 Å². The van der Waals surface area contributed by atoms with Crippen LogP contribution in [-0.4, -0.2) is 23.1 Å². The largest absolute Gasteiger partial charge is 0.335 e. The van der Waals surface area contributed by atoms with Crippen molar-refractivity contribution in [3.63, 3.8) is 0 Å². The number of piperidine rings is 1. The zero-order chi connectivity index (χ0) is 18.3. The third-order valence-electron chi connectivity index (χ3n) is 5.48. The number of fused-ring (bicyclic) bond motifs is 1. The van der Waals surface area contributed by atoms with Crippen LogP contribution < -0.4 is 0 Å². The summed E-state index contributed by atoms with van der Waals surface area (Å²) in [5.41, 5.74) is 2.78. The summed E-state index contributed by atoms with van der Waals surface area (Å²) in [7, 11) is 0. The van der Waals surface area contributed by atoms with Gasteiger partial charge in [0.15, 0.2) is 5.78 Å². The highest BCUT2D eigenvalue weighted by Crippen LogP contribution is 2.39. The minimum Gasteiger partial charge on any atom is -0.335 e. The van der Waals surface area contributed by atoms with Gasteiger partial charge < -0.3 is 4.90 Å². The number of nitrogens with zero attached hydrogens (tertiary/aromatic N) is 1. The predicted octanol–water partition coefficient (Wildman–Crippen LogP) is 5.10. The van der Waals surface area contributed by atoms with Crippen LogP contribution in [0.25, 0.3) is 0 Å².